The van der Waals surface area contributed by atoms with Crippen molar-refractivity contribution in [2.24, 2.45) is 5.92 Å². The minimum Gasteiger partial charge on any atom is -0.316 e. The zero-order chi connectivity index (χ0) is 18.1. The van der Waals surface area contributed by atoms with Crippen molar-refractivity contribution in [3.05, 3.63) is 33.9 Å². The average molecular weight is 404 g/mol. The Balaban J connectivity index is 0.00000312. The predicted molar refractivity (Wildman–Crippen MR) is 86.1 cm³/mol. The van der Waals surface area contributed by atoms with Crippen LogP contribution < -0.4 is 10.0 Å². The molecule has 1 aliphatic rings. The van der Waals surface area contributed by atoms with Gasteiger partial charge in [-0.1, -0.05) is 6.92 Å². The van der Waals surface area contributed by atoms with Gasteiger partial charge < -0.3 is 5.32 Å². The highest BCUT2D eigenvalue weighted by Gasteiger charge is 2.39. The third kappa shape index (κ3) is 5.03. The molecule has 25 heavy (non-hydrogen) atoms. The number of non-ortho nitro benzene ring substituents is 1. The monoisotopic (exact) mass is 403 g/mol. The van der Waals surface area contributed by atoms with Crippen LogP contribution in [0.3, 0.4) is 0 Å². The smallest absolute Gasteiger partial charge is 0.316 e. The van der Waals surface area contributed by atoms with Crippen LogP contribution in [0.2, 0.25) is 0 Å². The Morgan fingerprint density at radius 3 is 2.52 bits per heavy atom. The van der Waals surface area contributed by atoms with E-state index in [4.69, 9.17) is 0 Å². The summed E-state index contributed by atoms with van der Waals surface area (Å²) in [5.74, 6) is -0.0964. The van der Waals surface area contributed by atoms with E-state index in [2.05, 4.69) is 10.0 Å². The van der Waals surface area contributed by atoms with E-state index in [-0.39, 0.29) is 24.4 Å². The maximum atomic E-state index is 13.2. The van der Waals surface area contributed by atoms with Crippen molar-refractivity contribution in [1.29, 1.82) is 0 Å². The fourth-order valence-corrected chi connectivity index (χ4v) is 4.13. The molecule has 0 amide bonds. The van der Waals surface area contributed by atoms with Gasteiger partial charge in [-0.25, -0.2) is 13.1 Å². The predicted octanol–water partition coefficient (Wildman–Crippen LogP) is 2.31. The van der Waals surface area contributed by atoms with Crippen molar-refractivity contribution in [3.63, 3.8) is 0 Å². The Hall–Kier alpha value is -1.43. The molecule has 0 radical (unpaired) electrons. The lowest BCUT2D eigenvalue weighted by Crippen LogP contribution is -2.48. The van der Waals surface area contributed by atoms with Gasteiger partial charge in [-0.15, -0.1) is 12.4 Å². The molecule has 142 valence electrons. The number of benzene rings is 1. The number of piperidine rings is 1. The second-order valence-electron chi connectivity index (χ2n) is 5.63. The largest absolute Gasteiger partial charge is 0.417 e. The van der Waals surface area contributed by atoms with E-state index in [9.17, 15) is 31.7 Å². The molecule has 0 aromatic heterocycles. The second kappa shape index (κ2) is 7.85. The van der Waals surface area contributed by atoms with E-state index in [1.807, 2.05) is 0 Å². The van der Waals surface area contributed by atoms with E-state index in [1.165, 1.54) is 0 Å². The summed E-state index contributed by atoms with van der Waals surface area (Å²) < 4.78 is 66.5. The Labute approximate surface area is 148 Å². The SMILES string of the molecule is CC1CNCCC1NS(=O)(=O)c1ccc([N+](=O)[O-])cc1C(F)(F)F.Cl. The maximum absolute atomic E-state index is 13.2. The van der Waals surface area contributed by atoms with Crippen LogP contribution in [0.15, 0.2) is 23.1 Å². The lowest BCUT2D eigenvalue weighted by Gasteiger charge is -2.30. The van der Waals surface area contributed by atoms with Gasteiger partial charge in [-0.05, 0) is 31.5 Å². The molecule has 7 nitrogen and oxygen atoms in total. The van der Waals surface area contributed by atoms with E-state index in [1.54, 1.807) is 6.92 Å². The summed E-state index contributed by atoms with van der Waals surface area (Å²) in [5, 5.41) is 13.7. The van der Waals surface area contributed by atoms with E-state index in [0.29, 0.717) is 25.6 Å². The highest BCUT2D eigenvalue weighted by molar-refractivity contribution is 7.89. The Morgan fingerprint density at radius 2 is 2.00 bits per heavy atom. The van der Waals surface area contributed by atoms with Gasteiger partial charge in [-0.2, -0.15) is 13.2 Å². The molecule has 0 spiro atoms. The summed E-state index contributed by atoms with van der Waals surface area (Å²) >= 11 is 0. The lowest BCUT2D eigenvalue weighted by atomic mass is 9.97. The lowest BCUT2D eigenvalue weighted by molar-refractivity contribution is -0.385. The molecule has 2 atom stereocenters. The number of nitro benzene ring substituents is 1. The molecule has 12 heteroatoms. The third-order valence-electron chi connectivity index (χ3n) is 3.86. The number of hydrogen-bond donors (Lipinski definition) is 2. The zero-order valence-corrected chi connectivity index (χ0v) is 14.7. The second-order valence-corrected chi connectivity index (χ2v) is 7.32. The van der Waals surface area contributed by atoms with Crippen LogP contribution in [0.5, 0.6) is 0 Å². The summed E-state index contributed by atoms with van der Waals surface area (Å²) in [6, 6.07) is 1.10. The van der Waals surface area contributed by atoms with E-state index < -0.39 is 43.3 Å². The first-order chi connectivity index (χ1) is 11.0. The van der Waals surface area contributed by atoms with Gasteiger partial charge in [0.15, 0.2) is 0 Å². The van der Waals surface area contributed by atoms with Crippen molar-refractivity contribution in [1.82, 2.24) is 10.0 Å². The summed E-state index contributed by atoms with van der Waals surface area (Å²) in [4.78, 5) is 8.65. The standard InChI is InChI=1S/C13H16F3N3O4S.ClH/c1-8-7-17-5-4-11(8)18-24(22,23)12-3-2-9(19(20)21)6-10(12)13(14,15)16;/h2-3,6,8,11,17-18H,4-5,7H2,1H3;1H. The molecule has 2 rings (SSSR count). The number of rotatable bonds is 4. The molecule has 0 bridgehead atoms. The summed E-state index contributed by atoms with van der Waals surface area (Å²) in [5.41, 5.74) is -2.37. The van der Waals surface area contributed by atoms with Crippen molar-refractivity contribution in [3.8, 4) is 0 Å². The number of alkyl halides is 3. The maximum Gasteiger partial charge on any atom is 0.417 e. The Kier molecular flexibility index (Phi) is 6.79. The van der Waals surface area contributed by atoms with Crippen molar-refractivity contribution >= 4 is 28.1 Å². The molecule has 0 aliphatic carbocycles. The van der Waals surface area contributed by atoms with E-state index >= 15 is 0 Å². The van der Waals surface area contributed by atoms with Gasteiger partial charge in [0.2, 0.25) is 10.0 Å². The molecule has 1 heterocycles. The quantitative estimate of drug-likeness (QED) is 0.593. The van der Waals surface area contributed by atoms with Crippen LogP contribution in [0.1, 0.15) is 18.9 Å². The minimum atomic E-state index is -5.03. The highest BCUT2D eigenvalue weighted by Crippen LogP contribution is 2.36. The molecule has 0 saturated carbocycles. The summed E-state index contributed by atoms with van der Waals surface area (Å²) in [7, 11) is -4.47. The molecule has 1 aromatic rings. The zero-order valence-electron chi connectivity index (χ0n) is 13.0. The van der Waals surface area contributed by atoms with E-state index in [0.717, 1.165) is 6.07 Å². The normalized spacial score (nSPS) is 21.4. The number of halogens is 4. The van der Waals surface area contributed by atoms with Crippen LogP contribution in [0.4, 0.5) is 18.9 Å². The number of nitrogens with one attached hydrogen (secondary N) is 2. The fraction of sp³-hybridized carbons (Fsp3) is 0.538. The van der Waals surface area contributed by atoms with Crippen LogP contribution in [0.25, 0.3) is 0 Å². The third-order valence-corrected chi connectivity index (χ3v) is 5.41. The minimum absolute atomic E-state index is 0. The van der Waals surface area contributed by atoms with Crippen LogP contribution in [0, 0.1) is 16.0 Å². The average Bonchev–Trinajstić information content (AvgIpc) is 2.48. The first-order valence-electron chi connectivity index (χ1n) is 7.11. The molecule has 1 aromatic carbocycles. The fourth-order valence-electron chi connectivity index (χ4n) is 2.54. The van der Waals surface area contributed by atoms with Crippen molar-refractivity contribution in [2.75, 3.05) is 13.1 Å². The van der Waals surface area contributed by atoms with Crippen LogP contribution in [-0.4, -0.2) is 32.5 Å². The molecular weight excluding hydrogens is 387 g/mol. The Bertz CT molecular complexity index is 743. The summed E-state index contributed by atoms with van der Waals surface area (Å²) in [6.45, 7) is 2.86. The first kappa shape index (κ1) is 21.6. The molecule has 2 N–H and O–H groups in total. The highest BCUT2D eigenvalue weighted by atomic mass is 35.5. The Morgan fingerprint density at radius 1 is 1.36 bits per heavy atom. The van der Waals surface area contributed by atoms with Crippen LogP contribution in [-0.2, 0) is 16.2 Å². The molecule has 1 saturated heterocycles. The molecular formula is C13H17ClF3N3O4S. The molecule has 1 fully saturated rings. The van der Waals surface area contributed by atoms with Gasteiger partial charge in [0.1, 0.15) is 0 Å². The van der Waals surface area contributed by atoms with Crippen molar-refractivity contribution < 1.29 is 26.5 Å². The molecule has 1 aliphatic heterocycles. The number of nitrogens with zero attached hydrogens (tertiary/aromatic N) is 1. The topological polar surface area (TPSA) is 101 Å². The summed E-state index contributed by atoms with van der Waals surface area (Å²) in [6.07, 6.45) is -4.59. The van der Waals surface area contributed by atoms with Gasteiger partial charge in [0.25, 0.3) is 5.69 Å². The number of nitro groups is 1. The van der Waals surface area contributed by atoms with Gasteiger partial charge in [0.05, 0.1) is 15.4 Å². The van der Waals surface area contributed by atoms with Crippen molar-refractivity contribution in [2.45, 2.75) is 30.5 Å². The molecule has 2 unspecified atom stereocenters. The number of sulfonamides is 1. The van der Waals surface area contributed by atoms with Gasteiger partial charge in [0, 0.05) is 18.2 Å². The van der Waals surface area contributed by atoms with Gasteiger partial charge in [-0.3, -0.25) is 10.1 Å². The first-order valence-corrected chi connectivity index (χ1v) is 8.59. The number of hydrogen-bond acceptors (Lipinski definition) is 5. The van der Waals surface area contributed by atoms with Gasteiger partial charge >= 0.3 is 6.18 Å². The van der Waals surface area contributed by atoms with Crippen LogP contribution >= 0.6 is 12.4 Å².